The number of urea groups is 1. The van der Waals surface area contributed by atoms with Gasteiger partial charge in [-0.2, -0.15) is 5.10 Å². The van der Waals surface area contributed by atoms with Crippen LogP contribution in [0.3, 0.4) is 0 Å². The first-order valence-corrected chi connectivity index (χ1v) is 11.5. The number of nitrogens with zero attached hydrogens (tertiary/aromatic N) is 2. The smallest absolute Gasteiger partial charge is 0.315 e. The molecule has 7 heteroatoms. The van der Waals surface area contributed by atoms with E-state index in [4.69, 9.17) is 5.11 Å². The van der Waals surface area contributed by atoms with E-state index in [0.717, 1.165) is 23.0 Å². The number of carbonyl (C=O) groups is 1. The van der Waals surface area contributed by atoms with Gasteiger partial charge in [0.2, 0.25) is 0 Å². The number of benzene rings is 2. The molecular weight excluding hydrogens is 419 g/mol. The Hall–Kier alpha value is -2.93. The molecule has 3 rings (SSSR count). The fraction of sp³-hybridized carbons (Fsp3) is 0.462. The molecule has 0 saturated carbocycles. The summed E-state index contributed by atoms with van der Waals surface area (Å²) < 4.78 is 15.1. The van der Waals surface area contributed by atoms with E-state index in [1.807, 2.05) is 10.9 Å². The van der Waals surface area contributed by atoms with Crippen LogP contribution in [-0.4, -0.2) is 40.1 Å². The minimum absolute atomic E-state index is 0.0988. The van der Waals surface area contributed by atoms with Gasteiger partial charge in [0.15, 0.2) is 0 Å². The second kappa shape index (κ2) is 10.3. The van der Waals surface area contributed by atoms with Gasteiger partial charge in [-0.15, -0.1) is 0 Å². The van der Waals surface area contributed by atoms with Gasteiger partial charge in [0.1, 0.15) is 5.82 Å². The average Bonchev–Trinajstić information content (AvgIpc) is 3.19. The van der Waals surface area contributed by atoms with Crippen LogP contribution in [0, 0.1) is 17.2 Å². The van der Waals surface area contributed by atoms with E-state index < -0.39 is 0 Å². The van der Waals surface area contributed by atoms with Gasteiger partial charge >= 0.3 is 6.03 Å². The molecule has 3 aromatic rings. The van der Waals surface area contributed by atoms with Crippen molar-refractivity contribution >= 4 is 16.9 Å². The summed E-state index contributed by atoms with van der Waals surface area (Å²) in [6.07, 6.45) is 2.81. The first-order chi connectivity index (χ1) is 15.6. The predicted octanol–water partition coefficient (Wildman–Crippen LogP) is 5.00. The molecule has 0 aliphatic carbocycles. The van der Waals surface area contributed by atoms with Gasteiger partial charge in [0.25, 0.3) is 0 Å². The number of aromatic nitrogens is 2. The first-order valence-electron chi connectivity index (χ1n) is 11.5. The van der Waals surface area contributed by atoms with E-state index in [0.29, 0.717) is 12.5 Å². The normalized spacial score (nSPS) is 13.8. The van der Waals surface area contributed by atoms with Crippen molar-refractivity contribution in [3.05, 3.63) is 60.0 Å². The third-order valence-corrected chi connectivity index (χ3v) is 6.07. The molecule has 0 aliphatic rings. The lowest BCUT2D eigenvalue weighted by molar-refractivity contribution is 0.206. The highest BCUT2D eigenvalue weighted by atomic mass is 19.1. The molecule has 0 spiro atoms. The Morgan fingerprint density at radius 1 is 1.15 bits per heavy atom. The van der Waals surface area contributed by atoms with Crippen LogP contribution in [0.2, 0.25) is 0 Å². The fourth-order valence-electron chi connectivity index (χ4n) is 4.19. The fourth-order valence-corrected chi connectivity index (χ4v) is 4.19. The lowest BCUT2D eigenvalue weighted by Crippen LogP contribution is -2.46. The Morgan fingerprint density at radius 3 is 2.48 bits per heavy atom. The van der Waals surface area contributed by atoms with E-state index >= 15 is 0 Å². The molecule has 33 heavy (non-hydrogen) atoms. The van der Waals surface area contributed by atoms with Crippen molar-refractivity contribution in [2.24, 2.45) is 11.3 Å². The van der Waals surface area contributed by atoms with Gasteiger partial charge in [0, 0.05) is 11.9 Å². The van der Waals surface area contributed by atoms with Crippen LogP contribution in [-0.2, 0) is 0 Å². The second-order valence-corrected chi connectivity index (χ2v) is 9.93. The van der Waals surface area contributed by atoms with Gasteiger partial charge in [-0.25, -0.2) is 13.9 Å². The molecule has 3 N–H and O–H groups in total. The molecule has 178 valence electrons. The molecule has 0 radical (unpaired) electrons. The highest BCUT2D eigenvalue weighted by Crippen LogP contribution is 2.40. The molecule has 2 aromatic carbocycles. The molecule has 1 heterocycles. The monoisotopic (exact) mass is 454 g/mol. The number of halogens is 1. The maximum absolute atomic E-state index is 13.3. The number of amides is 2. The van der Waals surface area contributed by atoms with Crippen molar-refractivity contribution in [3.63, 3.8) is 0 Å². The molecule has 1 unspecified atom stereocenters. The number of aliphatic hydroxyl groups excluding tert-OH is 1. The summed E-state index contributed by atoms with van der Waals surface area (Å²) in [5.74, 6) is 0.422. The average molecular weight is 455 g/mol. The second-order valence-electron chi connectivity index (χ2n) is 9.93. The van der Waals surface area contributed by atoms with Crippen LogP contribution in [0.15, 0.2) is 48.7 Å². The standard InChI is InChI=1S/C26H35FN4O2/c1-17(2)12-23(26(4,5)16-28-25(33)30-18(3)15-32)19-6-11-24-20(13-19)14-29-31(24)22-9-7-21(27)8-10-22/h6-11,13-14,17-18,23,32H,12,15-16H2,1-5H3,(H2,28,30,33)/t18-,23?/m1/s1. The maximum atomic E-state index is 13.3. The Morgan fingerprint density at radius 2 is 1.85 bits per heavy atom. The number of aliphatic hydroxyl groups is 1. The van der Waals surface area contributed by atoms with Crippen molar-refractivity contribution in [2.75, 3.05) is 13.2 Å². The van der Waals surface area contributed by atoms with Crippen molar-refractivity contribution in [2.45, 2.75) is 53.0 Å². The quantitative estimate of drug-likeness (QED) is 0.426. The molecule has 0 saturated heterocycles. The maximum Gasteiger partial charge on any atom is 0.315 e. The molecule has 2 amide bonds. The largest absolute Gasteiger partial charge is 0.394 e. The Labute approximate surface area is 195 Å². The zero-order valence-corrected chi connectivity index (χ0v) is 20.1. The van der Waals surface area contributed by atoms with Crippen molar-refractivity contribution in [3.8, 4) is 5.69 Å². The summed E-state index contributed by atoms with van der Waals surface area (Å²) in [7, 11) is 0. The summed E-state index contributed by atoms with van der Waals surface area (Å²) in [4.78, 5) is 12.2. The lowest BCUT2D eigenvalue weighted by atomic mass is 9.71. The highest BCUT2D eigenvalue weighted by Gasteiger charge is 2.32. The molecule has 6 nitrogen and oxygen atoms in total. The van der Waals surface area contributed by atoms with E-state index in [1.54, 1.807) is 19.1 Å². The summed E-state index contributed by atoms with van der Waals surface area (Å²) in [5.41, 5.74) is 2.77. The predicted molar refractivity (Wildman–Crippen MR) is 130 cm³/mol. The van der Waals surface area contributed by atoms with Gasteiger partial charge in [-0.1, -0.05) is 33.8 Å². The SMILES string of the molecule is CC(C)CC(c1ccc2c(cnn2-c2ccc(F)cc2)c1)C(C)(C)CNC(=O)N[C@H](C)CO. The number of hydrogen-bond donors (Lipinski definition) is 3. The van der Waals surface area contributed by atoms with E-state index in [-0.39, 0.29) is 35.8 Å². The van der Waals surface area contributed by atoms with Gasteiger partial charge in [0.05, 0.1) is 30.0 Å². The number of rotatable bonds is 9. The summed E-state index contributed by atoms with van der Waals surface area (Å²) in [6, 6.07) is 12.1. The van der Waals surface area contributed by atoms with E-state index in [2.05, 4.69) is 61.6 Å². The number of hydrogen-bond acceptors (Lipinski definition) is 3. The van der Waals surface area contributed by atoms with Crippen molar-refractivity contribution < 1.29 is 14.3 Å². The van der Waals surface area contributed by atoms with Crippen LogP contribution in [0.1, 0.15) is 52.5 Å². The molecule has 0 fully saturated rings. The minimum atomic E-state index is -0.292. The first kappa shape index (κ1) is 24.7. The summed E-state index contributed by atoms with van der Waals surface area (Å²) in [6.45, 7) is 10.9. The zero-order valence-electron chi connectivity index (χ0n) is 20.1. The Bertz CT molecular complexity index is 1080. The lowest BCUT2D eigenvalue weighted by Gasteiger charge is -2.36. The molecular formula is C26H35FN4O2. The highest BCUT2D eigenvalue weighted by molar-refractivity contribution is 5.81. The van der Waals surface area contributed by atoms with Gasteiger partial charge in [-0.05, 0) is 72.6 Å². The topological polar surface area (TPSA) is 79.2 Å². The molecule has 2 atom stereocenters. The molecule has 0 aliphatic heterocycles. The Kier molecular flexibility index (Phi) is 7.74. The summed E-state index contributed by atoms with van der Waals surface area (Å²) in [5, 5.41) is 20.4. The molecule has 0 bridgehead atoms. The number of nitrogens with one attached hydrogen (secondary N) is 2. The minimum Gasteiger partial charge on any atom is -0.394 e. The van der Waals surface area contributed by atoms with E-state index in [1.165, 1.54) is 17.7 Å². The zero-order chi connectivity index (χ0) is 24.2. The van der Waals surface area contributed by atoms with Gasteiger partial charge < -0.3 is 15.7 Å². The van der Waals surface area contributed by atoms with Crippen LogP contribution in [0.5, 0.6) is 0 Å². The summed E-state index contributed by atoms with van der Waals surface area (Å²) >= 11 is 0. The van der Waals surface area contributed by atoms with Crippen LogP contribution < -0.4 is 10.6 Å². The third kappa shape index (κ3) is 6.11. The van der Waals surface area contributed by atoms with Crippen LogP contribution >= 0.6 is 0 Å². The third-order valence-electron chi connectivity index (χ3n) is 6.07. The van der Waals surface area contributed by atoms with Gasteiger partial charge in [-0.3, -0.25) is 0 Å². The number of fused-ring (bicyclic) bond motifs is 1. The van der Waals surface area contributed by atoms with Crippen molar-refractivity contribution in [1.82, 2.24) is 20.4 Å². The Balaban J connectivity index is 1.86. The van der Waals surface area contributed by atoms with Crippen molar-refractivity contribution in [1.29, 1.82) is 0 Å². The molecule has 1 aromatic heterocycles. The van der Waals surface area contributed by atoms with E-state index in [9.17, 15) is 9.18 Å². The van der Waals surface area contributed by atoms with Crippen LogP contribution in [0.25, 0.3) is 16.6 Å². The van der Waals surface area contributed by atoms with Crippen LogP contribution in [0.4, 0.5) is 9.18 Å². The number of carbonyl (C=O) groups excluding carboxylic acids is 1.